The van der Waals surface area contributed by atoms with Gasteiger partial charge in [-0.15, -0.1) is 11.3 Å². The Bertz CT molecular complexity index is 982. The number of carbonyl (C=O) groups excluding carboxylic acids is 2. The second-order valence-corrected chi connectivity index (χ2v) is 10.3. The number of carbonyl (C=O) groups is 2. The molecule has 1 aromatic carbocycles. The van der Waals surface area contributed by atoms with Gasteiger partial charge in [0.25, 0.3) is 5.91 Å². The Kier molecular flexibility index (Phi) is 6.59. The Labute approximate surface area is 173 Å². The van der Waals surface area contributed by atoms with Gasteiger partial charge in [-0.25, -0.2) is 12.7 Å². The molecule has 0 aliphatic carbocycles. The molecule has 2 heterocycles. The van der Waals surface area contributed by atoms with Crippen molar-refractivity contribution >= 4 is 54.9 Å². The number of hydrogen-bond acceptors (Lipinski definition) is 5. The predicted octanol–water partition coefficient (Wildman–Crippen LogP) is 2.21. The van der Waals surface area contributed by atoms with Crippen molar-refractivity contribution in [2.75, 3.05) is 25.4 Å². The molecule has 1 aliphatic heterocycles. The van der Waals surface area contributed by atoms with E-state index in [1.54, 1.807) is 6.92 Å². The molecule has 2 aromatic rings. The predicted molar refractivity (Wildman–Crippen MR) is 111 cm³/mol. The summed E-state index contributed by atoms with van der Waals surface area (Å²) in [5.41, 5.74) is 0. The molecule has 0 saturated carbocycles. The van der Waals surface area contributed by atoms with Crippen LogP contribution in [0.4, 0.5) is 0 Å². The van der Waals surface area contributed by atoms with Crippen LogP contribution in [-0.2, 0) is 14.8 Å². The van der Waals surface area contributed by atoms with Gasteiger partial charge in [-0.3, -0.25) is 9.59 Å². The SMILES string of the molecule is CCS(=O)(=O)N1CCC(NC(=O)CNC(=O)c2sc3ccccc3c2Cl)CC1. The van der Waals surface area contributed by atoms with Crippen LogP contribution >= 0.6 is 22.9 Å². The largest absolute Gasteiger partial charge is 0.352 e. The summed E-state index contributed by atoms with van der Waals surface area (Å²) in [7, 11) is -3.19. The lowest BCUT2D eigenvalue weighted by molar-refractivity contribution is -0.121. The van der Waals surface area contributed by atoms with Crippen LogP contribution in [-0.4, -0.2) is 56.0 Å². The summed E-state index contributed by atoms with van der Waals surface area (Å²) in [5.74, 6) is -0.608. The van der Waals surface area contributed by atoms with Crippen molar-refractivity contribution in [1.82, 2.24) is 14.9 Å². The summed E-state index contributed by atoms with van der Waals surface area (Å²) < 4.78 is 26.1. The molecule has 28 heavy (non-hydrogen) atoms. The van der Waals surface area contributed by atoms with E-state index >= 15 is 0 Å². The van der Waals surface area contributed by atoms with E-state index in [0.717, 1.165) is 10.1 Å². The first-order valence-corrected chi connectivity index (χ1v) is 11.8. The Morgan fingerprint density at radius 1 is 1.25 bits per heavy atom. The van der Waals surface area contributed by atoms with Gasteiger partial charge < -0.3 is 10.6 Å². The van der Waals surface area contributed by atoms with E-state index in [1.165, 1.54) is 15.6 Å². The normalized spacial score (nSPS) is 16.2. The molecule has 10 heteroatoms. The van der Waals surface area contributed by atoms with Crippen LogP contribution < -0.4 is 10.6 Å². The van der Waals surface area contributed by atoms with Crippen molar-refractivity contribution in [3.63, 3.8) is 0 Å². The third-order valence-electron chi connectivity index (χ3n) is 4.73. The molecule has 1 fully saturated rings. The Hall–Kier alpha value is -1.68. The van der Waals surface area contributed by atoms with Crippen molar-refractivity contribution in [2.24, 2.45) is 0 Å². The molecular weight excluding hydrogens is 422 g/mol. The molecule has 0 bridgehead atoms. The van der Waals surface area contributed by atoms with Crippen LogP contribution in [0, 0.1) is 0 Å². The second-order valence-electron chi connectivity index (χ2n) is 6.57. The lowest BCUT2D eigenvalue weighted by Gasteiger charge is -2.31. The number of rotatable bonds is 6. The number of fused-ring (bicyclic) bond motifs is 1. The van der Waals surface area contributed by atoms with E-state index in [4.69, 9.17) is 11.6 Å². The zero-order chi connectivity index (χ0) is 20.3. The number of benzene rings is 1. The first kappa shape index (κ1) is 21.0. The monoisotopic (exact) mass is 443 g/mol. The third-order valence-corrected chi connectivity index (χ3v) is 8.28. The van der Waals surface area contributed by atoms with Crippen molar-refractivity contribution in [2.45, 2.75) is 25.8 Å². The van der Waals surface area contributed by atoms with Gasteiger partial charge in [0.05, 0.1) is 17.3 Å². The smallest absolute Gasteiger partial charge is 0.263 e. The van der Waals surface area contributed by atoms with Crippen molar-refractivity contribution < 1.29 is 18.0 Å². The van der Waals surface area contributed by atoms with E-state index in [-0.39, 0.29) is 30.2 Å². The van der Waals surface area contributed by atoms with E-state index in [2.05, 4.69) is 10.6 Å². The highest BCUT2D eigenvalue weighted by Crippen LogP contribution is 2.34. The molecule has 1 aliphatic rings. The zero-order valence-corrected chi connectivity index (χ0v) is 17.8. The molecule has 2 N–H and O–H groups in total. The third kappa shape index (κ3) is 4.65. The lowest BCUT2D eigenvalue weighted by atomic mass is 10.1. The number of halogens is 1. The standard InChI is InChI=1S/C18H22ClN3O4S2/c1-2-28(25,26)22-9-7-12(8-10-22)21-15(23)11-20-18(24)17-16(19)13-5-3-4-6-14(13)27-17/h3-6,12H,2,7-11H2,1H3,(H,20,24)(H,21,23). The van der Waals surface area contributed by atoms with Crippen LogP contribution in [0.1, 0.15) is 29.4 Å². The Morgan fingerprint density at radius 2 is 1.93 bits per heavy atom. The molecule has 0 atom stereocenters. The fourth-order valence-electron chi connectivity index (χ4n) is 3.14. The van der Waals surface area contributed by atoms with Crippen molar-refractivity contribution in [3.05, 3.63) is 34.2 Å². The van der Waals surface area contributed by atoms with Gasteiger partial charge in [-0.05, 0) is 25.8 Å². The molecule has 1 saturated heterocycles. The van der Waals surface area contributed by atoms with Crippen molar-refractivity contribution in [3.8, 4) is 0 Å². The minimum Gasteiger partial charge on any atom is -0.352 e. The molecule has 2 amide bonds. The number of thiophene rings is 1. The summed E-state index contributed by atoms with van der Waals surface area (Å²) in [6.07, 6.45) is 1.11. The number of nitrogens with zero attached hydrogens (tertiary/aromatic N) is 1. The van der Waals surface area contributed by atoms with Gasteiger partial charge in [-0.2, -0.15) is 0 Å². The van der Waals surface area contributed by atoms with Gasteiger partial charge in [0.15, 0.2) is 0 Å². The van der Waals surface area contributed by atoms with Gasteiger partial charge in [-0.1, -0.05) is 29.8 Å². The summed E-state index contributed by atoms with van der Waals surface area (Å²) in [4.78, 5) is 24.9. The van der Waals surface area contributed by atoms with Crippen LogP contribution in [0.15, 0.2) is 24.3 Å². The summed E-state index contributed by atoms with van der Waals surface area (Å²) >= 11 is 7.57. The van der Waals surface area contributed by atoms with Gasteiger partial charge in [0.2, 0.25) is 15.9 Å². The first-order chi connectivity index (χ1) is 13.3. The number of piperidine rings is 1. The summed E-state index contributed by atoms with van der Waals surface area (Å²) in [5, 5.41) is 6.66. The van der Waals surface area contributed by atoms with Crippen LogP contribution in [0.5, 0.6) is 0 Å². The van der Waals surface area contributed by atoms with Crippen LogP contribution in [0.25, 0.3) is 10.1 Å². The lowest BCUT2D eigenvalue weighted by Crippen LogP contribution is -2.48. The summed E-state index contributed by atoms with van der Waals surface area (Å²) in [6, 6.07) is 7.37. The number of hydrogen-bond donors (Lipinski definition) is 2. The molecule has 0 spiro atoms. The molecule has 1 aromatic heterocycles. The molecule has 0 radical (unpaired) electrons. The average molecular weight is 444 g/mol. The summed E-state index contributed by atoms with van der Waals surface area (Å²) in [6.45, 7) is 2.25. The number of amides is 2. The Balaban J connectivity index is 1.49. The molecular formula is C18H22ClN3O4S2. The average Bonchev–Trinajstić information content (AvgIpc) is 3.03. The topological polar surface area (TPSA) is 95.6 Å². The molecule has 7 nitrogen and oxygen atoms in total. The maximum atomic E-state index is 12.4. The quantitative estimate of drug-likeness (QED) is 0.715. The van der Waals surface area contributed by atoms with Crippen LogP contribution in [0.2, 0.25) is 5.02 Å². The number of nitrogens with one attached hydrogen (secondary N) is 2. The van der Waals surface area contributed by atoms with Gasteiger partial charge in [0.1, 0.15) is 4.88 Å². The van der Waals surface area contributed by atoms with Gasteiger partial charge >= 0.3 is 0 Å². The van der Waals surface area contributed by atoms with E-state index in [0.29, 0.717) is 35.8 Å². The first-order valence-electron chi connectivity index (χ1n) is 9.04. The van der Waals surface area contributed by atoms with Crippen LogP contribution in [0.3, 0.4) is 0 Å². The van der Waals surface area contributed by atoms with Crippen molar-refractivity contribution in [1.29, 1.82) is 0 Å². The highest BCUT2D eigenvalue weighted by molar-refractivity contribution is 7.89. The second kappa shape index (κ2) is 8.77. The minimum absolute atomic E-state index is 0.0797. The fraction of sp³-hybridized carbons (Fsp3) is 0.444. The molecule has 0 unspecified atom stereocenters. The molecule has 152 valence electrons. The number of sulfonamides is 1. The minimum atomic E-state index is -3.19. The zero-order valence-electron chi connectivity index (χ0n) is 15.4. The van der Waals surface area contributed by atoms with E-state index in [1.807, 2.05) is 24.3 Å². The Morgan fingerprint density at radius 3 is 2.57 bits per heavy atom. The van der Waals surface area contributed by atoms with E-state index < -0.39 is 10.0 Å². The maximum absolute atomic E-state index is 12.4. The maximum Gasteiger partial charge on any atom is 0.263 e. The molecule has 3 rings (SSSR count). The van der Waals surface area contributed by atoms with E-state index in [9.17, 15) is 18.0 Å². The van der Waals surface area contributed by atoms with Gasteiger partial charge in [0, 0.05) is 29.2 Å². The highest BCUT2D eigenvalue weighted by Gasteiger charge is 2.27. The fourth-order valence-corrected chi connectivity index (χ4v) is 5.71. The highest BCUT2D eigenvalue weighted by atomic mass is 35.5.